The van der Waals surface area contributed by atoms with Crippen LogP contribution in [0.4, 0.5) is 16.2 Å². The number of carbonyl (C=O) groups excluding carboxylic acids is 3. The number of rotatable bonds is 19. The maximum absolute atomic E-state index is 13.8. The highest BCUT2D eigenvalue weighted by Crippen LogP contribution is 2.67. The van der Waals surface area contributed by atoms with Crippen LogP contribution in [0.25, 0.3) is 0 Å². The SMILES string of the molecule is CCC(Cc1c(I)cc(I)c(N)c1I)C(=O)OCC(COC(=O)C(CC)Oc1c(I)cc(I)c(N)c1I)OC(=O)O[C@H]1CC[C@@]2(C)C(=CC[C@H]3[C@@H]4CC[C@H]([C@H](C)CCCC(C)C)[C@@]4(C)CC[C@@H]32)C1. The number of fused-ring (bicyclic) bond motifs is 5. The zero-order valence-corrected chi connectivity index (χ0v) is 53.5. The summed E-state index contributed by atoms with van der Waals surface area (Å²) >= 11 is 13.2. The zero-order valence-electron chi connectivity index (χ0n) is 40.5. The van der Waals surface area contributed by atoms with Gasteiger partial charge in [-0.25, -0.2) is 9.59 Å². The second kappa shape index (κ2) is 25.1. The minimum atomic E-state index is -1.12. The molecule has 378 valence electrons. The normalized spacial score (nSPS) is 27.1. The lowest BCUT2D eigenvalue weighted by Gasteiger charge is -2.58. The van der Waals surface area contributed by atoms with Gasteiger partial charge in [-0.05, 0) is 264 Å². The van der Waals surface area contributed by atoms with Crippen molar-refractivity contribution in [2.75, 3.05) is 24.7 Å². The number of allylic oxidation sites excluding steroid dienone is 1. The average molecular weight is 1610 g/mol. The molecule has 0 spiro atoms. The number of ether oxygens (including phenoxy) is 5. The third-order valence-corrected chi connectivity index (χ3v) is 22.1. The van der Waals surface area contributed by atoms with Gasteiger partial charge in [-0.2, -0.15) is 0 Å². The summed E-state index contributed by atoms with van der Waals surface area (Å²) in [5.74, 6) is 3.43. The van der Waals surface area contributed by atoms with Crippen LogP contribution in [0.1, 0.15) is 138 Å². The van der Waals surface area contributed by atoms with Crippen LogP contribution in [0.5, 0.6) is 5.75 Å². The van der Waals surface area contributed by atoms with Crippen molar-refractivity contribution < 1.29 is 38.1 Å². The molecule has 3 unspecified atom stereocenters. The molecule has 0 bridgehead atoms. The standard InChI is InChI=1S/C52H70I6N2O8/c1-8-29(21-34-38(53)23-39(54)45(59)43(34)57)48(61)64-25-32(26-65-49(62)42(9-2)68-47-41(56)24-40(55)46(60)44(47)58)67-50(63)66-31-17-19-51(6)30(22-31)13-14-33-36-16-15-35(28(5)12-10-11-27(3)4)52(36,7)20-18-37(33)51/h13,23-24,27-29,31-33,35-37,42H,8-12,14-22,25-26,59-60H2,1-7H3/t28-,29?,31+,32?,33+,35-,36+,37+,42?,51+,52-/m1/s1. The number of carbonyl (C=O) groups is 3. The van der Waals surface area contributed by atoms with E-state index >= 15 is 0 Å². The van der Waals surface area contributed by atoms with Gasteiger partial charge in [0.1, 0.15) is 25.1 Å². The van der Waals surface area contributed by atoms with E-state index in [2.05, 4.69) is 176 Å². The quantitative estimate of drug-likeness (QED) is 0.0458. The number of nitrogens with two attached hydrogens (primary N) is 2. The monoisotopic (exact) mass is 1610 g/mol. The molecule has 11 atom stereocenters. The van der Waals surface area contributed by atoms with Gasteiger partial charge in [-0.3, -0.25) is 4.79 Å². The van der Waals surface area contributed by atoms with E-state index in [1.165, 1.54) is 50.5 Å². The summed E-state index contributed by atoms with van der Waals surface area (Å²) in [5, 5.41) is 0. The molecule has 6 rings (SSSR count). The molecule has 0 amide bonds. The van der Waals surface area contributed by atoms with E-state index in [4.69, 9.17) is 35.2 Å². The summed E-state index contributed by atoms with van der Waals surface area (Å²) in [6.07, 6.45) is 13.3. The third-order valence-electron chi connectivity index (χ3n) is 16.2. The number of esters is 2. The number of hydrogen-bond acceptors (Lipinski definition) is 10. The number of benzene rings is 2. The van der Waals surface area contributed by atoms with Gasteiger partial charge in [-0.1, -0.05) is 79.4 Å². The second-order valence-corrected chi connectivity index (χ2v) is 27.6. The number of hydrogen-bond donors (Lipinski definition) is 2. The van der Waals surface area contributed by atoms with Crippen LogP contribution in [0.3, 0.4) is 0 Å². The predicted molar refractivity (Wildman–Crippen MR) is 320 cm³/mol. The lowest BCUT2D eigenvalue weighted by atomic mass is 9.47. The van der Waals surface area contributed by atoms with E-state index in [0.29, 0.717) is 63.6 Å². The molecule has 0 saturated heterocycles. The summed E-state index contributed by atoms with van der Waals surface area (Å²) in [7, 11) is 0. The zero-order chi connectivity index (χ0) is 49.8. The summed E-state index contributed by atoms with van der Waals surface area (Å²) in [4.78, 5) is 41.1. The lowest BCUT2D eigenvalue weighted by Crippen LogP contribution is -2.51. The molecule has 68 heavy (non-hydrogen) atoms. The Kier molecular flexibility index (Phi) is 21.2. The van der Waals surface area contributed by atoms with Crippen LogP contribution in [0.2, 0.25) is 0 Å². The first-order chi connectivity index (χ1) is 32.1. The topological polar surface area (TPSA) is 149 Å². The fourth-order valence-corrected chi connectivity index (χ4v) is 19.8. The van der Waals surface area contributed by atoms with Crippen LogP contribution < -0.4 is 16.2 Å². The summed E-state index contributed by atoms with van der Waals surface area (Å²) < 4.78 is 35.2. The Morgan fingerprint density at radius 2 is 1.44 bits per heavy atom. The third kappa shape index (κ3) is 13.2. The molecule has 2 aromatic carbocycles. The average Bonchev–Trinajstić information content (AvgIpc) is 3.65. The van der Waals surface area contributed by atoms with Crippen LogP contribution in [0.15, 0.2) is 23.8 Å². The van der Waals surface area contributed by atoms with Crippen LogP contribution >= 0.6 is 136 Å². The molecule has 4 aliphatic rings. The van der Waals surface area contributed by atoms with Crippen molar-refractivity contribution in [2.45, 2.75) is 157 Å². The molecule has 10 nitrogen and oxygen atoms in total. The van der Waals surface area contributed by atoms with E-state index < -0.39 is 36.2 Å². The molecule has 3 fully saturated rings. The Hall–Kier alpha value is 0.170. The van der Waals surface area contributed by atoms with E-state index in [1.54, 1.807) is 0 Å². The van der Waals surface area contributed by atoms with Crippen molar-refractivity contribution >= 4 is 165 Å². The maximum Gasteiger partial charge on any atom is 0.509 e. The number of anilines is 2. The fraction of sp³-hybridized carbons (Fsp3) is 0.673. The highest BCUT2D eigenvalue weighted by molar-refractivity contribution is 14.1. The highest BCUT2D eigenvalue weighted by atomic mass is 127. The Morgan fingerprint density at radius 3 is 2.10 bits per heavy atom. The summed E-state index contributed by atoms with van der Waals surface area (Å²) in [5.41, 5.74) is 16.9. The van der Waals surface area contributed by atoms with Crippen molar-refractivity contribution in [2.24, 2.45) is 52.3 Å². The molecule has 3 saturated carbocycles. The van der Waals surface area contributed by atoms with E-state index in [0.717, 1.165) is 66.3 Å². The van der Waals surface area contributed by atoms with Crippen molar-refractivity contribution in [3.63, 3.8) is 0 Å². The molecule has 0 radical (unpaired) electrons. The Balaban J connectivity index is 1.11. The molecule has 2 aromatic rings. The van der Waals surface area contributed by atoms with Gasteiger partial charge in [0.05, 0.1) is 24.4 Å². The molecule has 4 N–H and O–H groups in total. The first-order valence-electron chi connectivity index (χ1n) is 24.5. The first-order valence-corrected chi connectivity index (χ1v) is 31.0. The molecular weight excluding hydrogens is 1540 g/mol. The van der Waals surface area contributed by atoms with Crippen molar-refractivity contribution in [1.82, 2.24) is 0 Å². The minimum Gasteiger partial charge on any atom is -0.476 e. The largest absolute Gasteiger partial charge is 0.509 e. The Labute approximate surface area is 487 Å². The Bertz CT molecular complexity index is 2100. The van der Waals surface area contributed by atoms with E-state index in [-0.39, 0.29) is 24.7 Å². The van der Waals surface area contributed by atoms with Crippen molar-refractivity contribution in [3.05, 3.63) is 50.8 Å². The van der Waals surface area contributed by atoms with Crippen molar-refractivity contribution in [1.29, 1.82) is 0 Å². The number of halogens is 6. The van der Waals surface area contributed by atoms with Gasteiger partial charge < -0.3 is 35.2 Å². The van der Waals surface area contributed by atoms with Gasteiger partial charge in [0, 0.05) is 20.7 Å². The Morgan fingerprint density at radius 1 is 0.779 bits per heavy atom. The number of nitrogen functional groups attached to an aromatic ring is 2. The van der Waals surface area contributed by atoms with E-state index in [1.807, 2.05) is 26.0 Å². The maximum atomic E-state index is 13.8. The van der Waals surface area contributed by atoms with E-state index in [9.17, 15) is 14.4 Å². The molecular formula is C52H70I6N2O8. The van der Waals surface area contributed by atoms with Crippen LogP contribution in [-0.4, -0.2) is 49.6 Å². The highest BCUT2D eigenvalue weighted by Gasteiger charge is 2.59. The summed E-state index contributed by atoms with van der Waals surface area (Å²) in [6.45, 7) is 15.4. The van der Waals surface area contributed by atoms with Crippen LogP contribution in [-0.2, 0) is 35.0 Å². The molecule has 0 aliphatic heterocycles. The summed E-state index contributed by atoms with van der Waals surface area (Å²) in [6, 6.07) is 3.91. The van der Waals surface area contributed by atoms with Crippen molar-refractivity contribution in [3.8, 4) is 5.75 Å². The smallest absolute Gasteiger partial charge is 0.476 e. The van der Waals surface area contributed by atoms with Gasteiger partial charge in [0.15, 0.2) is 12.2 Å². The second-order valence-electron chi connectivity index (χ2n) is 20.8. The van der Waals surface area contributed by atoms with Gasteiger partial charge >= 0.3 is 18.1 Å². The molecule has 16 heteroatoms. The lowest BCUT2D eigenvalue weighted by molar-refractivity contribution is -0.161. The molecule has 4 aliphatic carbocycles. The predicted octanol–water partition coefficient (Wildman–Crippen LogP) is 14.9. The molecule has 0 aromatic heterocycles. The minimum absolute atomic E-state index is 0.0910. The van der Waals surface area contributed by atoms with Gasteiger partial charge in [0.25, 0.3) is 0 Å². The first kappa shape index (κ1) is 57.4. The van der Waals surface area contributed by atoms with Gasteiger partial charge in [0.2, 0.25) is 0 Å². The fourth-order valence-electron chi connectivity index (χ4n) is 12.3. The molecule has 0 heterocycles. The van der Waals surface area contributed by atoms with Gasteiger partial charge in [-0.15, -0.1) is 0 Å². The van der Waals surface area contributed by atoms with Crippen LogP contribution in [0, 0.1) is 73.7 Å².